The summed E-state index contributed by atoms with van der Waals surface area (Å²) in [6, 6.07) is 8.75. The van der Waals surface area contributed by atoms with Gasteiger partial charge in [-0.05, 0) is 38.1 Å². The van der Waals surface area contributed by atoms with E-state index in [2.05, 4.69) is 15.7 Å². The lowest BCUT2D eigenvalue weighted by Gasteiger charge is -2.06. The molecule has 3 rings (SSSR count). The van der Waals surface area contributed by atoms with Crippen molar-refractivity contribution >= 4 is 39.1 Å². The number of anilines is 1. The van der Waals surface area contributed by atoms with Crippen molar-refractivity contribution in [1.82, 2.24) is 15.1 Å². The van der Waals surface area contributed by atoms with Crippen molar-refractivity contribution < 1.29 is 9.59 Å². The highest BCUT2D eigenvalue weighted by Gasteiger charge is 2.15. The molecule has 0 saturated heterocycles. The van der Waals surface area contributed by atoms with Gasteiger partial charge < -0.3 is 10.6 Å². The average Bonchev–Trinajstić information content (AvgIpc) is 3.10. The van der Waals surface area contributed by atoms with Crippen LogP contribution in [-0.4, -0.2) is 28.1 Å². The smallest absolute Gasteiger partial charge is 0.265 e. The molecule has 0 spiro atoms. The van der Waals surface area contributed by atoms with Crippen LogP contribution in [0.15, 0.2) is 30.3 Å². The number of benzene rings is 1. The molecule has 2 aromatic heterocycles. The van der Waals surface area contributed by atoms with Crippen molar-refractivity contribution in [3.8, 4) is 0 Å². The van der Waals surface area contributed by atoms with Gasteiger partial charge in [-0.3, -0.25) is 14.3 Å². The van der Waals surface area contributed by atoms with Crippen molar-refractivity contribution in [2.75, 3.05) is 11.9 Å². The lowest BCUT2D eigenvalue weighted by Crippen LogP contribution is -2.22. The van der Waals surface area contributed by atoms with Crippen LogP contribution in [-0.2, 0) is 7.05 Å². The number of carbonyl (C=O) groups is 2. The first kappa shape index (κ1) is 16.2. The number of nitrogens with zero attached hydrogens (tertiary/aromatic N) is 2. The van der Waals surface area contributed by atoms with Crippen LogP contribution >= 0.6 is 11.3 Å². The van der Waals surface area contributed by atoms with E-state index in [1.165, 1.54) is 11.3 Å². The maximum absolute atomic E-state index is 12.5. The molecule has 3 aromatic rings. The van der Waals surface area contributed by atoms with Crippen molar-refractivity contribution in [2.45, 2.75) is 13.8 Å². The van der Waals surface area contributed by atoms with Gasteiger partial charge in [0.25, 0.3) is 11.8 Å². The summed E-state index contributed by atoms with van der Waals surface area (Å²) < 4.78 is 1.78. The lowest BCUT2D eigenvalue weighted by atomic mass is 10.2. The number of hydrogen-bond acceptors (Lipinski definition) is 4. The van der Waals surface area contributed by atoms with E-state index < -0.39 is 0 Å². The van der Waals surface area contributed by atoms with E-state index in [0.717, 1.165) is 15.9 Å². The van der Waals surface area contributed by atoms with Crippen LogP contribution in [0.3, 0.4) is 0 Å². The van der Waals surface area contributed by atoms with Gasteiger partial charge in [0.15, 0.2) is 0 Å². The minimum absolute atomic E-state index is 0.155. The molecule has 0 bridgehead atoms. The Labute approximate surface area is 143 Å². The van der Waals surface area contributed by atoms with Gasteiger partial charge in [0.05, 0.1) is 10.6 Å². The van der Waals surface area contributed by atoms with Gasteiger partial charge in [-0.25, -0.2) is 0 Å². The molecular weight excluding hydrogens is 324 g/mol. The van der Waals surface area contributed by atoms with Crippen LogP contribution in [0.5, 0.6) is 0 Å². The van der Waals surface area contributed by atoms with Crippen LogP contribution in [0.2, 0.25) is 0 Å². The zero-order valence-corrected chi connectivity index (χ0v) is 14.5. The molecule has 0 radical (unpaired) electrons. The monoisotopic (exact) mass is 342 g/mol. The second kappa shape index (κ2) is 6.45. The Morgan fingerprint density at radius 1 is 1.25 bits per heavy atom. The molecule has 0 fully saturated rings. The zero-order valence-electron chi connectivity index (χ0n) is 13.7. The Hall–Kier alpha value is -2.67. The molecule has 2 heterocycles. The van der Waals surface area contributed by atoms with Gasteiger partial charge in [0, 0.05) is 30.2 Å². The summed E-state index contributed by atoms with van der Waals surface area (Å²) in [5.74, 6) is -0.346. The third-order valence-electron chi connectivity index (χ3n) is 3.64. The second-order valence-electron chi connectivity index (χ2n) is 5.43. The minimum atomic E-state index is -0.191. The molecule has 24 heavy (non-hydrogen) atoms. The number of hydrogen-bond donors (Lipinski definition) is 2. The summed E-state index contributed by atoms with van der Waals surface area (Å²) in [5.41, 5.74) is 2.02. The first-order valence-corrected chi connectivity index (χ1v) is 8.44. The molecule has 0 atom stereocenters. The third-order valence-corrected chi connectivity index (χ3v) is 4.84. The standard InChI is InChI=1S/C17H18N4O2S/c1-4-18-15(22)11-6-5-7-12(8-11)19-16(23)14-9-13-10(2)20-21(3)17(13)24-14/h5-9H,4H2,1-3H3,(H,18,22)(H,19,23). The molecule has 7 heteroatoms. The fraction of sp³-hybridized carbons (Fsp3) is 0.235. The molecule has 0 aliphatic heterocycles. The van der Waals surface area contributed by atoms with E-state index in [1.54, 1.807) is 28.9 Å². The molecule has 6 nitrogen and oxygen atoms in total. The van der Waals surface area contributed by atoms with Crippen LogP contribution in [0.1, 0.15) is 32.6 Å². The normalized spacial score (nSPS) is 10.8. The summed E-state index contributed by atoms with van der Waals surface area (Å²) in [4.78, 5) is 25.9. The van der Waals surface area contributed by atoms with Gasteiger partial charge in [-0.1, -0.05) is 6.07 Å². The topological polar surface area (TPSA) is 76.0 Å². The Morgan fingerprint density at radius 2 is 2.04 bits per heavy atom. The van der Waals surface area contributed by atoms with Crippen molar-refractivity contribution in [3.05, 3.63) is 46.5 Å². The molecule has 0 aliphatic rings. The number of aryl methyl sites for hydroxylation is 2. The lowest BCUT2D eigenvalue weighted by molar-refractivity contribution is 0.0954. The highest BCUT2D eigenvalue weighted by atomic mass is 32.1. The maximum Gasteiger partial charge on any atom is 0.265 e. The highest BCUT2D eigenvalue weighted by molar-refractivity contribution is 7.20. The number of nitrogens with one attached hydrogen (secondary N) is 2. The third kappa shape index (κ3) is 3.03. The van der Waals surface area contributed by atoms with Gasteiger partial charge in [0.1, 0.15) is 4.83 Å². The summed E-state index contributed by atoms with van der Waals surface area (Å²) >= 11 is 1.40. The molecule has 124 valence electrons. The number of rotatable bonds is 4. The van der Waals surface area contributed by atoms with Crippen LogP contribution < -0.4 is 10.6 Å². The molecule has 0 unspecified atom stereocenters. The van der Waals surface area contributed by atoms with Gasteiger partial charge >= 0.3 is 0 Å². The van der Waals surface area contributed by atoms with Crippen LogP contribution in [0, 0.1) is 6.92 Å². The van der Waals surface area contributed by atoms with E-state index in [4.69, 9.17) is 0 Å². The number of fused-ring (bicyclic) bond motifs is 1. The van der Waals surface area contributed by atoms with Crippen LogP contribution in [0.4, 0.5) is 5.69 Å². The number of amides is 2. The van der Waals surface area contributed by atoms with E-state index in [-0.39, 0.29) is 11.8 Å². The average molecular weight is 342 g/mol. The summed E-state index contributed by atoms with van der Waals surface area (Å²) in [6.45, 7) is 4.35. The van der Waals surface area contributed by atoms with Gasteiger partial charge in [-0.15, -0.1) is 11.3 Å². The maximum atomic E-state index is 12.5. The van der Waals surface area contributed by atoms with Crippen molar-refractivity contribution in [1.29, 1.82) is 0 Å². The molecule has 0 saturated carbocycles. The fourth-order valence-corrected chi connectivity index (χ4v) is 3.53. The van der Waals surface area contributed by atoms with Crippen molar-refractivity contribution in [2.24, 2.45) is 7.05 Å². The van der Waals surface area contributed by atoms with Crippen molar-refractivity contribution in [3.63, 3.8) is 0 Å². The molecular formula is C17H18N4O2S. The van der Waals surface area contributed by atoms with Crippen LogP contribution in [0.25, 0.3) is 10.2 Å². The first-order valence-electron chi connectivity index (χ1n) is 7.62. The minimum Gasteiger partial charge on any atom is -0.352 e. The van der Waals surface area contributed by atoms with Gasteiger partial charge in [0.2, 0.25) is 0 Å². The predicted octanol–water partition coefficient (Wildman–Crippen LogP) is 2.95. The Morgan fingerprint density at radius 3 is 2.75 bits per heavy atom. The zero-order chi connectivity index (χ0) is 17.3. The summed E-state index contributed by atoms with van der Waals surface area (Å²) in [6.07, 6.45) is 0. The Bertz CT molecular complexity index is 891. The molecule has 0 aliphatic carbocycles. The molecule has 2 N–H and O–H groups in total. The Kier molecular flexibility index (Phi) is 4.35. The predicted molar refractivity (Wildman–Crippen MR) is 95.7 cm³/mol. The summed E-state index contributed by atoms with van der Waals surface area (Å²) in [7, 11) is 1.86. The van der Waals surface area contributed by atoms with E-state index in [1.807, 2.05) is 27.0 Å². The number of thiophene rings is 1. The number of carbonyl (C=O) groups excluding carboxylic acids is 2. The Balaban J connectivity index is 1.82. The molecule has 2 amide bonds. The molecule has 1 aromatic carbocycles. The highest BCUT2D eigenvalue weighted by Crippen LogP contribution is 2.28. The van der Waals surface area contributed by atoms with E-state index in [0.29, 0.717) is 22.7 Å². The second-order valence-corrected chi connectivity index (χ2v) is 6.46. The van der Waals surface area contributed by atoms with Gasteiger partial charge in [-0.2, -0.15) is 5.10 Å². The number of aromatic nitrogens is 2. The largest absolute Gasteiger partial charge is 0.352 e. The quantitative estimate of drug-likeness (QED) is 0.765. The first-order chi connectivity index (χ1) is 11.5. The fourth-order valence-electron chi connectivity index (χ4n) is 2.51. The summed E-state index contributed by atoms with van der Waals surface area (Å²) in [5, 5.41) is 10.9. The SMILES string of the molecule is CCNC(=O)c1cccc(NC(=O)c2cc3c(C)nn(C)c3s2)c1. The van der Waals surface area contributed by atoms with E-state index >= 15 is 0 Å². The van der Waals surface area contributed by atoms with E-state index in [9.17, 15) is 9.59 Å².